The van der Waals surface area contributed by atoms with Crippen LogP contribution in [0.3, 0.4) is 0 Å². The maximum atomic E-state index is 13.7. The Morgan fingerprint density at radius 2 is 1.42 bits per heavy atom. The Morgan fingerprint density at radius 3 is 1.86 bits per heavy atom. The van der Waals surface area contributed by atoms with E-state index < -0.39 is 41.5 Å². The first-order valence-corrected chi connectivity index (χ1v) is 12.3. The number of hydrazine groups is 1. The Hall–Kier alpha value is -2.81. The molecular weight excluding hydrogens is 462 g/mol. The molecule has 9 nitrogen and oxygen atoms in total. The van der Waals surface area contributed by atoms with Crippen LogP contribution < -0.4 is 5.43 Å². The van der Waals surface area contributed by atoms with Gasteiger partial charge < -0.3 is 19.1 Å². The number of hydrogen-bond acceptors (Lipinski definition) is 7. The van der Waals surface area contributed by atoms with Crippen molar-refractivity contribution in [1.29, 1.82) is 0 Å². The monoisotopic (exact) mass is 507 g/mol. The van der Waals surface area contributed by atoms with Gasteiger partial charge in [0.15, 0.2) is 6.04 Å². The van der Waals surface area contributed by atoms with Crippen LogP contribution in [0.2, 0.25) is 0 Å². The standard InChI is InChI=1S/C27H45N3O6/c1-18(2)17-21(23(31)34-22(19(3)29(10)11)20-15-13-12-14-16-20)30(25(33)36-27(7,8)9)28-24(32)35-26(4,5)6/h12-16,18-19,21-22H,17H2,1-11H3,(H,28,32)/t19-,21-,22-/m0/s1. The van der Waals surface area contributed by atoms with Gasteiger partial charge in [0.25, 0.3) is 0 Å². The molecule has 0 aliphatic heterocycles. The lowest BCUT2D eigenvalue weighted by molar-refractivity contribution is -0.160. The highest BCUT2D eigenvalue weighted by Crippen LogP contribution is 2.26. The van der Waals surface area contributed by atoms with E-state index in [-0.39, 0.29) is 18.4 Å². The topological polar surface area (TPSA) is 97.4 Å². The maximum absolute atomic E-state index is 13.7. The average Bonchev–Trinajstić information content (AvgIpc) is 2.71. The van der Waals surface area contributed by atoms with Gasteiger partial charge in [-0.25, -0.2) is 24.8 Å². The van der Waals surface area contributed by atoms with Gasteiger partial charge in [0.05, 0.1) is 0 Å². The van der Waals surface area contributed by atoms with Gasteiger partial charge in [-0.2, -0.15) is 0 Å². The number of nitrogens with one attached hydrogen (secondary N) is 1. The smallest absolute Gasteiger partial charge is 0.430 e. The molecule has 0 aromatic heterocycles. The lowest BCUT2D eigenvalue weighted by atomic mass is 10.0. The highest BCUT2D eigenvalue weighted by atomic mass is 16.6. The molecule has 0 heterocycles. The van der Waals surface area contributed by atoms with E-state index in [0.29, 0.717) is 0 Å². The number of benzene rings is 1. The van der Waals surface area contributed by atoms with Crippen molar-refractivity contribution in [2.45, 2.75) is 98.1 Å². The fraction of sp³-hybridized carbons (Fsp3) is 0.667. The summed E-state index contributed by atoms with van der Waals surface area (Å²) < 4.78 is 16.9. The number of hydrogen-bond donors (Lipinski definition) is 1. The highest BCUT2D eigenvalue weighted by molar-refractivity contribution is 5.83. The van der Waals surface area contributed by atoms with Crippen LogP contribution in [0.1, 0.15) is 80.4 Å². The van der Waals surface area contributed by atoms with E-state index in [1.165, 1.54) is 0 Å². The van der Waals surface area contributed by atoms with E-state index >= 15 is 0 Å². The van der Waals surface area contributed by atoms with Crippen molar-refractivity contribution in [3.8, 4) is 0 Å². The molecule has 0 unspecified atom stereocenters. The van der Waals surface area contributed by atoms with Crippen molar-refractivity contribution < 1.29 is 28.6 Å². The molecule has 0 bridgehead atoms. The van der Waals surface area contributed by atoms with Crippen molar-refractivity contribution in [2.24, 2.45) is 5.92 Å². The van der Waals surface area contributed by atoms with Gasteiger partial charge in [0.1, 0.15) is 17.3 Å². The second-order valence-electron chi connectivity index (χ2n) is 11.6. The number of carbonyl (C=O) groups is 3. The minimum absolute atomic E-state index is 0.00521. The van der Waals surface area contributed by atoms with Crippen molar-refractivity contribution in [3.05, 3.63) is 35.9 Å². The summed E-state index contributed by atoms with van der Waals surface area (Å²) >= 11 is 0. The Labute approximate surface area is 216 Å². The highest BCUT2D eigenvalue weighted by Gasteiger charge is 2.39. The molecule has 204 valence electrons. The molecule has 9 heteroatoms. The number of esters is 1. The molecule has 2 amide bonds. The summed E-state index contributed by atoms with van der Waals surface area (Å²) in [7, 11) is 3.80. The molecule has 1 aromatic carbocycles. The molecule has 0 saturated carbocycles. The minimum Gasteiger partial charge on any atom is -0.454 e. The van der Waals surface area contributed by atoms with Crippen LogP contribution in [0, 0.1) is 5.92 Å². The third kappa shape index (κ3) is 10.8. The van der Waals surface area contributed by atoms with Crippen molar-refractivity contribution in [2.75, 3.05) is 14.1 Å². The predicted octanol–water partition coefficient (Wildman–Crippen LogP) is 5.31. The number of ether oxygens (including phenoxy) is 3. The van der Waals surface area contributed by atoms with Crippen LogP contribution >= 0.6 is 0 Å². The van der Waals surface area contributed by atoms with Crippen molar-refractivity contribution in [3.63, 3.8) is 0 Å². The SMILES string of the molecule is CC(C)C[C@@H](C(=O)O[C@H](c1ccccc1)[C@H](C)N(C)C)N(NC(=O)OC(C)(C)C)C(=O)OC(C)(C)C. The fourth-order valence-electron chi connectivity index (χ4n) is 3.28. The molecule has 0 saturated heterocycles. The molecule has 0 fully saturated rings. The Morgan fingerprint density at radius 1 is 0.889 bits per heavy atom. The van der Waals surface area contributed by atoms with Crippen LogP contribution in [0.25, 0.3) is 0 Å². The van der Waals surface area contributed by atoms with Crippen LogP contribution in [0.15, 0.2) is 30.3 Å². The second-order valence-corrected chi connectivity index (χ2v) is 11.6. The lowest BCUT2D eigenvalue weighted by Crippen LogP contribution is -2.57. The molecule has 1 N–H and O–H groups in total. The Bertz CT molecular complexity index is 859. The molecular formula is C27H45N3O6. The molecule has 3 atom stereocenters. The number of amides is 2. The second kappa shape index (κ2) is 12.9. The first-order valence-electron chi connectivity index (χ1n) is 12.3. The summed E-state index contributed by atoms with van der Waals surface area (Å²) in [5.74, 6) is -0.664. The number of likely N-dealkylation sites (N-methyl/N-ethyl adjacent to an activating group) is 1. The molecule has 1 rings (SSSR count). The summed E-state index contributed by atoms with van der Waals surface area (Å²) in [4.78, 5) is 41.5. The predicted molar refractivity (Wildman–Crippen MR) is 139 cm³/mol. The molecule has 0 aliphatic carbocycles. The van der Waals surface area contributed by atoms with Crippen LogP contribution in [-0.4, -0.2) is 65.4 Å². The number of carbonyl (C=O) groups excluding carboxylic acids is 3. The molecule has 0 aliphatic rings. The normalized spacial score (nSPS) is 14.6. The quantitative estimate of drug-likeness (QED) is 0.289. The van der Waals surface area contributed by atoms with Crippen molar-refractivity contribution >= 4 is 18.2 Å². The molecule has 0 spiro atoms. The first-order chi connectivity index (χ1) is 16.4. The van der Waals surface area contributed by atoms with Gasteiger partial charge in [0.2, 0.25) is 0 Å². The number of rotatable bonds is 8. The van der Waals surface area contributed by atoms with E-state index in [0.717, 1.165) is 10.6 Å². The third-order valence-corrected chi connectivity index (χ3v) is 5.10. The van der Waals surface area contributed by atoms with Gasteiger partial charge >= 0.3 is 18.2 Å². The largest absolute Gasteiger partial charge is 0.454 e. The zero-order valence-corrected chi connectivity index (χ0v) is 23.7. The molecule has 1 aromatic rings. The van der Waals surface area contributed by atoms with E-state index in [2.05, 4.69) is 5.43 Å². The van der Waals surface area contributed by atoms with E-state index in [1.807, 2.05) is 70.1 Å². The number of nitrogens with zero attached hydrogens (tertiary/aromatic N) is 2. The lowest BCUT2D eigenvalue weighted by Gasteiger charge is -2.35. The van der Waals surface area contributed by atoms with E-state index in [1.54, 1.807) is 41.5 Å². The van der Waals surface area contributed by atoms with E-state index in [4.69, 9.17) is 14.2 Å². The summed E-state index contributed by atoms with van der Waals surface area (Å²) in [6.07, 6.45) is -2.14. The van der Waals surface area contributed by atoms with Gasteiger partial charge in [-0.15, -0.1) is 0 Å². The molecule has 36 heavy (non-hydrogen) atoms. The summed E-state index contributed by atoms with van der Waals surface area (Å²) in [5.41, 5.74) is 1.59. The Balaban J connectivity index is 3.41. The average molecular weight is 508 g/mol. The Kier molecular flexibility index (Phi) is 11.2. The van der Waals surface area contributed by atoms with Crippen molar-refractivity contribution in [1.82, 2.24) is 15.3 Å². The molecule has 0 radical (unpaired) electrons. The fourth-order valence-corrected chi connectivity index (χ4v) is 3.28. The summed E-state index contributed by atoms with van der Waals surface area (Å²) in [6.45, 7) is 16.0. The van der Waals surface area contributed by atoms with Crippen LogP contribution in [0.5, 0.6) is 0 Å². The summed E-state index contributed by atoms with van der Waals surface area (Å²) in [6, 6.07) is 8.11. The van der Waals surface area contributed by atoms with Gasteiger partial charge in [-0.3, -0.25) is 0 Å². The minimum atomic E-state index is -1.15. The zero-order valence-electron chi connectivity index (χ0n) is 23.7. The third-order valence-electron chi connectivity index (χ3n) is 5.10. The first kappa shape index (κ1) is 31.2. The van der Waals surface area contributed by atoms with Crippen LogP contribution in [-0.2, 0) is 19.0 Å². The van der Waals surface area contributed by atoms with Gasteiger partial charge in [0, 0.05) is 6.04 Å². The summed E-state index contributed by atoms with van der Waals surface area (Å²) in [5, 5.41) is 0.893. The van der Waals surface area contributed by atoms with E-state index in [9.17, 15) is 14.4 Å². The van der Waals surface area contributed by atoms with Gasteiger partial charge in [-0.1, -0.05) is 44.2 Å². The van der Waals surface area contributed by atoms with Gasteiger partial charge in [-0.05, 0) is 80.5 Å². The zero-order chi connectivity index (χ0) is 27.8. The maximum Gasteiger partial charge on any atom is 0.430 e. The van der Waals surface area contributed by atoms with Crippen LogP contribution in [0.4, 0.5) is 9.59 Å².